The van der Waals surface area contributed by atoms with Crippen LogP contribution >= 0.6 is 27.5 Å². The van der Waals surface area contributed by atoms with Gasteiger partial charge in [-0.2, -0.15) is 5.10 Å². The van der Waals surface area contributed by atoms with Crippen LogP contribution in [0.3, 0.4) is 0 Å². The lowest BCUT2D eigenvalue weighted by molar-refractivity contribution is 0.0955. The van der Waals surface area contributed by atoms with Gasteiger partial charge in [0.1, 0.15) is 5.75 Å². The molecule has 0 saturated heterocycles. The Morgan fingerprint density at radius 3 is 2.77 bits per heavy atom. The number of rotatable bonds is 4. The third-order valence-electron chi connectivity index (χ3n) is 3.00. The van der Waals surface area contributed by atoms with E-state index in [1.807, 2.05) is 25.1 Å². The molecule has 1 N–H and O–H groups in total. The van der Waals surface area contributed by atoms with Gasteiger partial charge in [0.25, 0.3) is 5.91 Å². The summed E-state index contributed by atoms with van der Waals surface area (Å²) in [4.78, 5) is 12.0. The summed E-state index contributed by atoms with van der Waals surface area (Å²) in [7, 11) is 1.58. The minimum Gasteiger partial charge on any atom is -0.496 e. The molecule has 2 aromatic carbocycles. The van der Waals surface area contributed by atoms with Crippen LogP contribution in [-0.2, 0) is 0 Å². The highest BCUT2D eigenvalue weighted by molar-refractivity contribution is 9.10. The second-order valence-electron chi connectivity index (χ2n) is 4.55. The van der Waals surface area contributed by atoms with Gasteiger partial charge in [0, 0.05) is 20.6 Å². The van der Waals surface area contributed by atoms with Crippen LogP contribution in [-0.4, -0.2) is 19.2 Å². The Bertz CT molecular complexity index is 732. The number of halogens is 2. The van der Waals surface area contributed by atoms with E-state index in [1.165, 1.54) is 6.21 Å². The summed E-state index contributed by atoms with van der Waals surface area (Å²) in [5.41, 5.74) is 4.59. The maximum Gasteiger partial charge on any atom is 0.271 e. The van der Waals surface area contributed by atoms with Crippen LogP contribution in [0.15, 0.2) is 46.0 Å². The first kappa shape index (κ1) is 16.5. The smallest absolute Gasteiger partial charge is 0.271 e. The molecule has 2 aromatic rings. The first-order valence-electron chi connectivity index (χ1n) is 6.44. The van der Waals surface area contributed by atoms with E-state index in [-0.39, 0.29) is 5.91 Å². The molecule has 0 atom stereocenters. The molecule has 0 spiro atoms. The largest absolute Gasteiger partial charge is 0.496 e. The normalized spacial score (nSPS) is 10.7. The van der Waals surface area contributed by atoms with Crippen molar-refractivity contribution >= 4 is 39.7 Å². The molecule has 0 heterocycles. The van der Waals surface area contributed by atoms with Gasteiger partial charge >= 0.3 is 0 Å². The number of nitrogens with one attached hydrogen (secondary N) is 1. The molecule has 0 unspecified atom stereocenters. The standard InChI is InChI=1S/C16H14BrClN2O2/c1-10-3-4-11(8-14(10)18)16(21)20-19-9-12-7-13(17)5-6-15(12)22-2/h3-9H,1-2H3,(H,20,21)/b19-9-. The number of nitrogens with zero attached hydrogens (tertiary/aromatic N) is 1. The monoisotopic (exact) mass is 380 g/mol. The summed E-state index contributed by atoms with van der Waals surface area (Å²) in [5.74, 6) is 0.340. The Hall–Kier alpha value is -1.85. The van der Waals surface area contributed by atoms with Gasteiger partial charge in [-0.3, -0.25) is 4.79 Å². The van der Waals surface area contributed by atoms with Crippen LogP contribution in [0.25, 0.3) is 0 Å². The molecule has 2 rings (SSSR count). The third kappa shape index (κ3) is 4.08. The van der Waals surface area contributed by atoms with Crippen molar-refractivity contribution in [2.75, 3.05) is 7.11 Å². The Morgan fingerprint density at radius 1 is 1.32 bits per heavy atom. The van der Waals surface area contributed by atoms with Gasteiger partial charge in [-0.25, -0.2) is 5.43 Å². The zero-order chi connectivity index (χ0) is 16.1. The Balaban J connectivity index is 2.10. The van der Waals surface area contributed by atoms with Crippen molar-refractivity contribution in [1.82, 2.24) is 5.43 Å². The van der Waals surface area contributed by atoms with E-state index in [9.17, 15) is 4.79 Å². The number of hydrogen-bond acceptors (Lipinski definition) is 3. The predicted molar refractivity (Wildman–Crippen MR) is 91.9 cm³/mol. The van der Waals surface area contributed by atoms with Crippen molar-refractivity contribution < 1.29 is 9.53 Å². The predicted octanol–water partition coefficient (Wildman–Crippen LogP) is 4.18. The second kappa shape index (κ2) is 7.42. The maximum atomic E-state index is 12.0. The minimum absolute atomic E-state index is 0.327. The summed E-state index contributed by atoms with van der Waals surface area (Å²) in [6.45, 7) is 1.88. The molecule has 0 aromatic heterocycles. The third-order valence-corrected chi connectivity index (χ3v) is 3.90. The molecule has 0 aliphatic carbocycles. The van der Waals surface area contributed by atoms with E-state index in [0.717, 1.165) is 15.6 Å². The van der Waals surface area contributed by atoms with E-state index in [0.29, 0.717) is 16.3 Å². The van der Waals surface area contributed by atoms with E-state index < -0.39 is 0 Å². The van der Waals surface area contributed by atoms with E-state index in [4.69, 9.17) is 16.3 Å². The number of carbonyl (C=O) groups excluding carboxylic acids is 1. The van der Waals surface area contributed by atoms with Crippen LogP contribution in [0.4, 0.5) is 0 Å². The van der Waals surface area contributed by atoms with Crippen molar-refractivity contribution in [3.8, 4) is 5.75 Å². The highest BCUT2D eigenvalue weighted by Crippen LogP contribution is 2.21. The number of amides is 1. The molecule has 1 amide bonds. The highest BCUT2D eigenvalue weighted by Gasteiger charge is 2.06. The molecule has 4 nitrogen and oxygen atoms in total. The number of hydrogen-bond donors (Lipinski definition) is 1. The average molecular weight is 382 g/mol. The molecule has 114 valence electrons. The van der Waals surface area contributed by atoms with Gasteiger partial charge in [0.2, 0.25) is 0 Å². The molecule has 6 heteroatoms. The Kier molecular flexibility index (Phi) is 5.57. The topological polar surface area (TPSA) is 50.7 Å². The van der Waals surface area contributed by atoms with Gasteiger partial charge in [-0.1, -0.05) is 33.6 Å². The molecule has 0 aliphatic rings. The maximum absolute atomic E-state index is 12.0. The fraction of sp³-hybridized carbons (Fsp3) is 0.125. The van der Waals surface area contributed by atoms with Gasteiger partial charge in [0.15, 0.2) is 0 Å². The fourth-order valence-corrected chi connectivity index (χ4v) is 2.32. The zero-order valence-electron chi connectivity index (χ0n) is 12.1. The van der Waals surface area contributed by atoms with Gasteiger partial charge < -0.3 is 4.74 Å². The summed E-state index contributed by atoms with van der Waals surface area (Å²) >= 11 is 9.38. The second-order valence-corrected chi connectivity index (χ2v) is 5.87. The van der Waals surface area contributed by atoms with Crippen LogP contribution in [0.5, 0.6) is 5.75 Å². The van der Waals surface area contributed by atoms with Crippen LogP contribution in [0, 0.1) is 6.92 Å². The SMILES string of the molecule is COc1ccc(Br)cc1/C=N\NC(=O)c1ccc(C)c(Cl)c1. The molecule has 0 bridgehead atoms. The summed E-state index contributed by atoms with van der Waals surface area (Å²) in [6, 6.07) is 10.6. The number of ether oxygens (including phenoxy) is 1. The number of hydrazone groups is 1. The van der Waals surface area contributed by atoms with Crippen molar-refractivity contribution in [2.45, 2.75) is 6.92 Å². The van der Waals surface area contributed by atoms with Crippen LogP contribution < -0.4 is 10.2 Å². The first-order valence-corrected chi connectivity index (χ1v) is 7.61. The Labute approximate surface area is 142 Å². The average Bonchev–Trinajstić information content (AvgIpc) is 2.50. The van der Waals surface area contributed by atoms with E-state index >= 15 is 0 Å². The fourth-order valence-electron chi connectivity index (χ4n) is 1.77. The first-order chi connectivity index (χ1) is 10.5. The minimum atomic E-state index is -0.327. The van der Waals surface area contributed by atoms with Crippen LogP contribution in [0.2, 0.25) is 5.02 Å². The molecule has 22 heavy (non-hydrogen) atoms. The van der Waals surface area contributed by atoms with Gasteiger partial charge in [0.05, 0.1) is 13.3 Å². The van der Waals surface area contributed by atoms with Gasteiger partial charge in [-0.05, 0) is 42.8 Å². The van der Waals surface area contributed by atoms with Crippen LogP contribution in [0.1, 0.15) is 21.5 Å². The number of aryl methyl sites for hydroxylation is 1. The number of methoxy groups -OCH3 is 1. The van der Waals surface area contributed by atoms with Crippen molar-refractivity contribution in [1.29, 1.82) is 0 Å². The molecular weight excluding hydrogens is 368 g/mol. The van der Waals surface area contributed by atoms with Crippen molar-refractivity contribution in [2.24, 2.45) is 5.10 Å². The number of carbonyl (C=O) groups is 1. The Morgan fingerprint density at radius 2 is 2.09 bits per heavy atom. The highest BCUT2D eigenvalue weighted by atomic mass is 79.9. The molecule has 0 saturated carbocycles. The van der Waals surface area contributed by atoms with E-state index in [2.05, 4.69) is 26.5 Å². The molecule has 0 radical (unpaired) electrons. The summed E-state index contributed by atoms with van der Waals surface area (Å²) < 4.78 is 6.12. The lowest BCUT2D eigenvalue weighted by atomic mass is 10.1. The van der Waals surface area contributed by atoms with Gasteiger partial charge in [-0.15, -0.1) is 0 Å². The quantitative estimate of drug-likeness (QED) is 0.638. The molecule has 0 aliphatic heterocycles. The van der Waals surface area contributed by atoms with Crippen molar-refractivity contribution in [3.05, 3.63) is 62.6 Å². The zero-order valence-corrected chi connectivity index (χ0v) is 14.4. The van der Waals surface area contributed by atoms with Crippen molar-refractivity contribution in [3.63, 3.8) is 0 Å². The number of benzene rings is 2. The summed E-state index contributed by atoms with van der Waals surface area (Å²) in [6.07, 6.45) is 1.53. The molecule has 0 fully saturated rings. The van der Waals surface area contributed by atoms with E-state index in [1.54, 1.807) is 25.3 Å². The lowest BCUT2D eigenvalue weighted by Gasteiger charge is -2.05. The lowest BCUT2D eigenvalue weighted by Crippen LogP contribution is -2.17. The molecular formula is C16H14BrClN2O2. The summed E-state index contributed by atoms with van der Waals surface area (Å²) in [5, 5.41) is 4.50.